The van der Waals surface area contributed by atoms with Gasteiger partial charge in [0, 0.05) is 19.5 Å². The van der Waals surface area contributed by atoms with Crippen LogP contribution in [0.2, 0.25) is 0 Å². The van der Waals surface area contributed by atoms with Gasteiger partial charge in [0.25, 0.3) is 0 Å². The van der Waals surface area contributed by atoms with Gasteiger partial charge in [0.15, 0.2) is 0 Å². The molecule has 2 aliphatic carbocycles. The van der Waals surface area contributed by atoms with Gasteiger partial charge >= 0.3 is 0 Å². The van der Waals surface area contributed by atoms with Gasteiger partial charge in [0.05, 0.1) is 6.07 Å². The molecule has 14 heavy (non-hydrogen) atoms. The highest BCUT2D eigenvalue weighted by Gasteiger charge is 2.44. The van der Waals surface area contributed by atoms with Crippen LogP contribution in [0.1, 0.15) is 45.4 Å². The summed E-state index contributed by atoms with van der Waals surface area (Å²) < 4.78 is 0. The van der Waals surface area contributed by atoms with Crippen LogP contribution in [0.5, 0.6) is 0 Å². The Bertz CT molecular complexity index is 244. The fraction of sp³-hybridized carbons (Fsp3) is 0.917. The summed E-state index contributed by atoms with van der Waals surface area (Å²) in [7, 11) is 0. The molecule has 2 nitrogen and oxygen atoms in total. The highest BCUT2D eigenvalue weighted by Crippen LogP contribution is 2.50. The first-order chi connectivity index (χ1) is 6.74. The lowest BCUT2D eigenvalue weighted by molar-refractivity contribution is 0.395. The Morgan fingerprint density at radius 2 is 1.71 bits per heavy atom. The zero-order valence-electron chi connectivity index (χ0n) is 9.10. The molecule has 0 atom stereocenters. The van der Waals surface area contributed by atoms with Crippen LogP contribution in [0.25, 0.3) is 0 Å². The maximum Gasteiger partial charge on any atom is 0.0628 e. The van der Waals surface area contributed by atoms with Gasteiger partial charge in [0.1, 0.15) is 0 Å². The van der Waals surface area contributed by atoms with Gasteiger partial charge in [-0.3, -0.25) is 0 Å². The molecule has 0 radical (unpaired) electrons. The van der Waals surface area contributed by atoms with E-state index in [0.29, 0.717) is 10.8 Å². The first kappa shape index (κ1) is 9.98. The molecule has 0 amide bonds. The van der Waals surface area contributed by atoms with Crippen molar-refractivity contribution in [2.75, 3.05) is 13.1 Å². The van der Waals surface area contributed by atoms with Crippen molar-refractivity contribution in [2.24, 2.45) is 10.8 Å². The van der Waals surface area contributed by atoms with Crippen molar-refractivity contribution in [1.82, 2.24) is 5.32 Å². The molecule has 0 bridgehead atoms. The molecule has 2 saturated carbocycles. The van der Waals surface area contributed by atoms with E-state index >= 15 is 0 Å². The predicted molar refractivity (Wildman–Crippen MR) is 56.7 cm³/mol. The van der Waals surface area contributed by atoms with E-state index in [-0.39, 0.29) is 0 Å². The fourth-order valence-electron chi connectivity index (χ4n) is 2.19. The Balaban J connectivity index is 1.66. The third-order valence-electron chi connectivity index (χ3n) is 4.12. The van der Waals surface area contributed by atoms with Crippen molar-refractivity contribution in [3.05, 3.63) is 0 Å². The number of hydrogen-bond donors (Lipinski definition) is 1. The maximum atomic E-state index is 8.68. The average molecular weight is 192 g/mol. The summed E-state index contributed by atoms with van der Waals surface area (Å²) in [5.74, 6) is 0. The standard InChI is InChI=1S/C12H20N2/c1-2-11(3-4-11)9-14-10-12(5-6-12)7-8-13/h14H,2-7,9-10H2,1H3. The largest absolute Gasteiger partial charge is 0.316 e. The van der Waals surface area contributed by atoms with Crippen LogP contribution in [-0.2, 0) is 0 Å². The molecule has 0 aromatic carbocycles. The summed E-state index contributed by atoms with van der Waals surface area (Å²) in [5, 5.41) is 12.3. The first-order valence-corrected chi connectivity index (χ1v) is 5.82. The number of nitriles is 1. The molecule has 0 aromatic rings. The summed E-state index contributed by atoms with van der Waals surface area (Å²) in [6, 6.07) is 2.31. The molecule has 0 aromatic heterocycles. The number of rotatable bonds is 6. The molecule has 2 fully saturated rings. The minimum atomic E-state index is 0.374. The molecule has 2 aliphatic rings. The van der Waals surface area contributed by atoms with Crippen LogP contribution < -0.4 is 5.32 Å². The summed E-state index contributed by atoms with van der Waals surface area (Å²) in [4.78, 5) is 0. The van der Waals surface area contributed by atoms with Crippen LogP contribution >= 0.6 is 0 Å². The predicted octanol–water partition coefficient (Wildman–Crippen LogP) is 2.46. The number of nitrogens with zero attached hydrogens (tertiary/aromatic N) is 1. The second kappa shape index (κ2) is 3.55. The topological polar surface area (TPSA) is 35.8 Å². The molecule has 0 saturated heterocycles. The SMILES string of the molecule is CCC1(CNCC2(CC#N)CC2)CC1. The van der Waals surface area contributed by atoms with Crippen LogP contribution in [0, 0.1) is 22.2 Å². The lowest BCUT2D eigenvalue weighted by Crippen LogP contribution is -2.29. The van der Waals surface area contributed by atoms with Crippen LogP contribution in [0.15, 0.2) is 0 Å². The molecule has 1 N–H and O–H groups in total. The number of nitrogens with one attached hydrogen (secondary N) is 1. The third-order valence-corrected chi connectivity index (χ3v) is 4.12. The molecule has 0 aliphatic heterocycles. The Morgan fingerprint density at radius 1 is 1.14 bits per heavy atom. The summed E-state index contributed by atoms with van der Waals surface area (Å²) in [5.41, 5.74) is 1.02. The van der Waals surface area contributed by atoms with E-state index in [2.05, 4.69) is 18.3 Å². The fourth-order valence-corrected chi connectivity index (χ4v) is 2.19. The van der Waals surface area contributed by atoms with E-state index in [4.69, 9.17) is 5.26 Å². The van der Waals surface area contributed by atoms with E-state index in [1.54, 1.807) is 0 Å². The normalized spacial score (nSPS) is 25.4. The van der Waals surface area contributed by atoms with E-state index in [1.807, 2.05) is 0 Å². The molecule has 0 spiro atoms. The smallest absolute Gasteiger partial charge is 0.0628 e. The lowest BCUT2D eigenvalue weighted by Gasteiger charge is -2.17. The van der Waals surface area contributed by atoms with Crippen LogP contribution in [-0.4, -0.2) is 13.1 Å². The lowest BCUT2D eigenvalue weighted by atomic mass is 10.0. The first-order valence-electron chi connectivity index (χ1n) is 5.82. The monoisotopic (exact) mass is 192 g/mol. The van der Waals surface area contributed by atoms with E-state index in [0.717, 1.165) is 13.0 Å². The van der Waals surface area contributed by atoms with Crippen LogP contribution in [0.3, 0.4) is 0 Å². The van der Waals surface area contributed by atoms with E-state index in [1.165, 1.54) is 38.6 Å². The van der Waals surface area contributed by atoms with Crippen molar-refractivity contribution in [2.45, 2.75) is 45.4 Å². The molecule has 2 rings (SSSR count). The van der Waals surface area contributed by atoms with E-state index in [9.17, 15) is 0 Å². The van der Waals surface area contributed by atoms with Crippen molar-refractivity contribution >= 4 is 0 Å². The quantitative estimate of drug-likeness (QED) is 0.701. The molecular formula is C12H20N2. The van der Waals surface area contributed by atoms with Crippen molar-refractivity contribution in [3.8, 4) is 6.07 Å². The maximum absolute atomic E-state index is 8.68. The highest BCUT2D eigenvalue weighted by atomic mass is 14.9. The Hall–Kier alpha value is -0.550. The average Bonchev–Trinajstić information content (AvgIpc) is 3.05. The Labute approximate surface area is 86.7 Å². The second-order valence-corrected chi connectivity index (χ2v) is 5.29. The van der Waals surface area contributed by atoms with Gasteiger partial charge in [0.2, 0.25) is 0 Å². The van der Waals surface area contributed by atoms with E-state index < -0.39 is 0 Å². The number of hydrogen-bond acceptors (Lipinski definition) is 2. The van der Waals surface area contributed by atoms with Crippen molar-refractivity contribution < 1.29 is 0 Å². The second-order valence-electron chi connectivity index (χ2n) is 5.29. The Morgan fingerprint density at radius 3 is 2.14 bits per heavy atom. The van der Waals surface area contributed by atoms with Gasteiger partial charge < -0.3 is 5.32 Å². The van der Waals surface area contributed by atoms with Gasteiger partial charge in [-0.2, -0.15) is 5.26 Å². The molecule has 2 heteroatoms. The molecule has 78 valence electrons. The van der Waals surface area contributed by atoms with Crippen molar-refractivity contribution in [1.29, 1.82) is 5.26 Å². The molecular weight excluding hydrogens is 172 g/mol. The summed E-state index contributed by atoms with van der Waals surface area (Å²) >= 11 is 0. The minimum absolute atomic E-state index is 0.374. The summed E-state index contributed by atoms with van der Waals surface area (Å²) in [6.45, 7) is 4.54. The molecule has 0 heterocycles. The summed E-state index contributed by atoms with van der Waals surface area (Å²) in [6.07, 6.45) is 7.38. The third kappa shape index (κ3) is 2.09. The minimum Gasteiger partial charge on any atom is -0.316 e. The molecule has 0 unspecified atom stereocenters. The van der Waals surface area contributed by atoms with Gasteiger partial charge in [-0.05, 0) is 42.9 Å². The van der Waals surface area contributed by atoms with Gasteiger partial charge in [-0.15, -0.1) is 0 Å². The van der Waals surface area contributed by atoms with Crippen molar-refractivity contribution in [3.63, 3.8) is 0 Å². The van der Waals surface area contributed by atoms with Crippen LogP contribution in [0.4, 0.5) is 0 Å². The van der Waals surface area contributed by atoms with Gasteiger partial charge in [-0.1, -0.05) is 6.92 Å². The zero-order valence-corrected chi connectivity index (χ0v) is 9.10. The highest BCUT2D eigenvalue weighted by molar-refractivity contribution is 5.02. The van der Waals surface area contributed by atoms with Gasteiger partial charge in [-0.25, -0.2) is 0 Å². The zero-order chi connectivity index (χ0) is 10.1. The Kier molecular flexibility index (Phi) is 2.53.